The number of anilines is 1. The van der Waals surface area contributed by atoms with Crippen molar-refractivity contribution in [3.05, 3.63) is 63.7 Å². The summed E-state index contributed by atoms with van der Waals surface area (Å²) in [7, 11) is 1.43. The molecule has 0 saturated carbocycles. The second-order valence-corrected chi connectivity index (χ2v) is 5.30. The number of rotatable bonds is 4. The predicted octanol–water partition coefficient (Wildman–Crippen LogP) is 4.93. The van der Waals surface area contributed by atoms with Gasteiger partial charge in [0.2, 0.25) is 5.91 Å². The van der Waals surface area contributed by atoms with Gasteiger partial charge in [0.1, 0.15) is 17.4 Å². The Morgan fingerprint density at radius 3 is 2.61 bits per heavy atom. The van der Waals surface area contributed by atoms with Crippen LogP contribution >= 0.6 is 23.2 Å². The highest BCUT2D eigenvalue weighted by atomic mass is 35.5. The summed E-state index contributed by atoms with van der Waals surface area (Å²) < 4.78 is 31.4. The molecule has 0 atom stereocenters. The first-order valence-electron chi connectivity index (χ1n) is 6.38. The quantitative estimate of drug-likeness (QED) is 0.787. The van der Waals surface area contributed by atoms with Crippen molar-refractivity contribution in [2.45, 2.75) is 0 Å². The number of amides is 1. The molecule has 1 amide bonds. The zero-order valence-corrected chi connectivity index (χ0v) is 13.4. The van der Waals surface area contributed by atoms with Gasteiger partial charge in [0.15, 0.2) is 0 Å². The molecule has 0 aromatic heterocycles. The Bertz CT molecular complexity index is 779. The highest BCUT2D eigenvalue weighted by Crippen LogP contribution is 2.33. The number of halogens is 4. The Morgan fingerprint density at radius 1 is 1.22 bits per heavy atom. The van der Waals surface area contributed by atoms with Gasteiger partial charge >= 0.3 is 0 Å². The van der Waals surface area contributed by atoms with Crippen LogP contribution in [0.5, 0.6) is 5.75 Å². The number of hydrogen-bond donors (Lipinski definition) is 1. The van der Waals surface area contributed by atoms with Gasteiger partial charge in [0.05, 0.1) is 17.8 Å². The maximum absolute atomic E-state index is 13.5. The molecule has 0 saturated heterocycles. The standard InChI is InChI=1S/C16H11Cl2F2NO2/c1-23-16-9(6-10(17)7-12(16)18)2-5-15(22)21-14-4-3-11(19)8-13(14)20/h2-8H,1H3,(H,21,22). The summed E-state index contributed by atoms with van der Waals surface area (Å²) in [6.07, 6.45) is 2.58. The zero-order chi connectivity index (χ0) is 17.0. The van der Waals surface area contributed by atoms with Gasteiger partial charge in [-0.1, -0.05) is 23.2 Å². The molecular formula is C16H11Cl2F2NO2. The number of hydrogen-bond acceptors (Lipinski definition) is 2. The first-order chi connectivity index (χ1) is 10.9. The van der Waals surface area contributed by atoms with Crippen LogP contribution in [0.15, 0.2) is 36.4 Å². The number of benzene rings is 2. The van der Waals surface area contributed by atoms with Crippen LogP contribution in [0.4, 0.5) is 14.5 Å². The minimum atomic E-state index is -0.866. The number of ether oxygens (including phenoxy) is 1. The first kappa shape index (κ1) is 17.2. The van der Waals surface area contributed by atoms with Crippen LogP contribution in [0, 0.1) is 11.6 Å². The van der Waals surface area contributed by atoms with Crippen molar-refractivity contribution in [3.63, 3.8) is 0 Å². The Labute approximate surface area is 141 Å². The van der Waals surface area contributed by atoms with Crippen molar-refractivity contribution in [3.8, 4) is 5.75 Å². The summed E-state index contributed by atoms with van der Waals surface area (Å²) >= 11 is 11.9. The van der Waals surface area contributed by atoms with Crippen LogP contribution in [0.25, 0.3) is 6.08 Å². The molecule has 2 aromatic rings. The monoisotopic (exact) mass is 357 g/mol. The fourth-order valence-electron chi connectivity index (χ4n) is 1.85. The van der Waals surface area contributed by atoms with E-state index in [0.29, 0.717) is 27.4 Å². The lowest BCUT2D eigenvalue weighted by molar-refractivity contribution is -0.111. The molecule has 7 heteroatoms. The van der Waals surface area contributed by atoms with Crippen molar-refractivity contribution in [1.29, 1.82) is 0 Å². The molecule has 23 heavy (non-hydrogen) atoms. The fourth-order valence-corrected chi connectivity index (χ4v) is 2.44. The zero-order valence-electron chi connectivity index (χ0n) is 11.9. The predicted molar refractivity (Wildman–Crippen MR) is 87.0 cm³/mol. The first-order valence-corrected chi connectivity index (χ1v) is 7.13. The molecule has 0 bridgehead atoms. The van der Waals surface area contributed by atoms with Gasteiger partial charge in [-0.15, -0.1) is 0 Å². The van der Waals surface area contributed by atoms with E-state index < -0.39 is 17.5 Å². The summed E-state index contributed by atoms with van der Waals surface area (Å²) in [4.78, 5) is 11.8. The highest BCUT2D eigenvalue weighted by molar-refractivity contribution is 6.36. The molecule has 2 aromatic carbocycles. The summed E-state index contributed by atoms with van der Waals surface area (Å²) in [5, 5.41) is 2.97. The van der Waals surface area contributed by atoms with E-state index in [-0.39, 0.29) is 5.69 Å². The van der Waals surface area contributed by atoms with E-state index in [2.05, 4.69) is 5.32 Å². The molecule has 0 aliphatic carbocycles. The average molecular weight is 358 g/mol. The SMILES string of the molecule is COc1c(Cl)cc(Cl)cc1C=CC(=O)Nc1ccc(F)cc1F. The number of carbonyl (C=O) groups is 1. The molecule has 0 heterocycles. The summed E-state index contributed by atoms with van der Waals surface area (Å²) in [6.45, 7) is 0. The second kappa shape index (κ2) is 7.44. The maximum atomic E-state index is 13.5. The van der Waals surface area contributed by atoms with Crippen LogP contribution in [0.3, 0.4) is 0 Å². The van der Waals surface area contributed by atoms with Gasteiger partial charge in [-0.25, -0.2) is 8.78 Å². The van der Waals surface area contributed by atoms with Crippen LogP contribution in [0.1, 0.15) is 5.56 Å². The molecular weight excluding hydrogens is 347 g/mol. The molecule has 0 radical (unpaired) electrons. The third-order valence-corrected chi connectivity index (χ3v) is 3.34. The van der Waals surface area contributed by atoms with E-state index in [1.54, 1.807) is 6.07 Å². The Hall–Kier alpha value is -2.11. The normalized spacial score (nSPS) is 10.8. The molecule has 0 aliphatic heterocycles. The summed E-state index contributed by atoms with van der Waals surface area (Å²) in [5.74, 6) is -1.84. The molecule has 3 nitrogen and oxygen atoms in total. The van der Waals surface area contributed by atoms with Crippen molar-refractivity contribution in [2.24, 2.45) is 0 Å². The van der Waals surface area contributed by atoms with E-state index in [1.165, 1.54) is 19.3 Å². The molecule has 0 fully saturated rings. The Kier molecular flexibility index (Phi) is 5.58. The van der Waals surface area contributed by atoms with Crippen LogP contribution in [0.2, 0.25) is 10.0 Å². The molecule has 2 rings (SSSR count). The Balaban J connectivity index is 2.18. The number of nitrogens with one attached hydrogen (secondary N) is 1. The maximum Gasteiger partial charge on any atom is 0.248 e. The minimum absolute atomic E-state index is 0.128. The lowest BCUT2D eigenvalue weighted by atomic mass is 10.2. The van der Waals surface area contributed by atoms with E-state index in [9.17, 15) is 13.6 Å². The van der Waals surface area contributed by atoms with Crippen molar-refractivity contribution in [1.82, 2.24) is 0 Å². The van der Waals surface area contributed by atoms with Gasteiger partial charge in [0, 0.05) is 22.7 Å². The van der Waals surface area contributed by atoms with Crippen molar-refractivity contribution >= 4 is 40.9 Å². The molecule has 120 valence electrons. The van der Waals surface area contributed by atoms with Gasteiger partial charge in [0.25, 0.3) is 0 Å². The van der Waals surface area contributed by atoms with Gasteiger partial charge < -0.3 is 10.1 Å². The van der Waals surface area contributed by atoms with Crippen LogP contribution in [-0.2, 0) is 4.79 Å². The van der Waals surface area contributed by atoms with Crippen molar-refractivity contribution in [2.75, 3.05) is 12.4 Å². The Morgan fingerprint density at radius 2 is 1.96 bits per heavy atom. The van der Waals surface area contributed by atoms with Gasteiger partial charge in [-0.2, -0.15) is 0 Å². The van der Waals surface area contributed by atoms with Crippen molar-refractivity contribution < 1.29 is 18.3 Å². The van der Waals surface area contributed by atoms with E-state index >= 15 is 0 Å². The number of carbonyl (C=O) groups excluding carboxylic acids is 1. The lowest BCUT2D eigenvalue weighted by Gasteiger charge is -2.08. The largest absolute Gasteiger partial charge is 0.495 e. The second-order valence-electron chi connectivity index (χ2n) is 4.46. The highest BCUT2D eigenvalue weighted by Gasteiger charge is 2.09. The van der Waals surface area contributed by atoms with E-state index in [0.717, 1.165) is 18.2 Å². The van der Waals surface area contributed by atoms with Gasteiger partial charge in [-0.3, -0.25) is 4.79 Å². The van der Waals surface area contributed by atoms with Gasteiger partial charge in [-0.05, 0) is 30.3 Å². The van der Waals surface area contributed by atoms with Crippen LogP contribution < -0.4 is 10.1 Å². The lowest BCUT2D eigenvalue weighted by Crippen LogP contribution is -2.09. The molecule has 0 aliphatic rings. The average Bonchev–Trinajstić information content (AvgIpc) is 2.47. The van der Waals surface area contributed by atoms with E-state index in [1.807, 2.05) is 0 Å². The summed E-state index contributed by atoms with van der Waals surface area (Å²) in [5.41, 5.74) is 0.358. The molecule has 0 unspecified atom stereocenters. The molecule has 0 spiro atoms. The fraction of sp³-hybridized carbons (Fsp3) is 0.0625. The molecule has 1 N–H and O–H groups in total. The third-order valence-electron chi connectivity index (χ3n) is 2.84. The van der Waals surface area contributed by atoms with E-state index in [4.69, 9.17) is 27.9 Å². The summed E-state index contributed by atoms with van der Waals surface area (Å²) in [6, 6.07) is 5.93. The topological polar surface area (TPSA) is 38.3 Å². The minimum Gasteiger partial charge on any atom is -0.495 e. The smallest absolute Gasteiger partial charge is 0.248 e. The van der Waals surface area contributed by atoms with Crippen LogP contribution in [-0.4, -0.2) is 13.0 Å². The number of methoxy groups -OCH3 is 1. The third kappa shape index (κ3) is 4.43.